The third-order valence-electron chi connectivity index (χ3n) is 4.77. The molecule has 0 aliphatic rings. The van der Waals surface area contributed by atoms with Crippen LogP contribution in [-0.4, -0.2) is 25.5 Å². The number of hydrogen-bond acceptors (Lipinski definition) is 4. The van der Waals surface area contributed by atoms with Crippen molar-refractivity contribution in [3.63, 3.8) is 0 Å². The van der Waals surface area contributed by atoms with E-state index in [2.05, 4.69) is 10.6 Å². The Kier molecular flexibility index (Phi) is 8.01. The lowest BCUT2D eigenvalue weighted by Gasteiger charge is -2.12. The highest BCUT2D eigenvalue weighted by atomic mass is 32.1. The molecule has 31 heavy (non-hydrogen) atoms. The van der Waals surface area contributed by atoms with Crippen molar-refractivity contribution in [1.29, 1.82) is 0 Å². The van der Waals surface area contributed by atoms with Gasteiger partial charge >= 0.3 is 0 Å². The van der Waals surface area contributed by atoms with Crippen LogP contribution in [0.2, 0.25) is 0 Å². The maximum Gasteiger partial charge on any atom is 0.267 e. The topological polar surface area (TPSA) is 67.4 Å². The molecule has 0 aliphatic heterocycles. The highest BCUT2D eigenvalue weighted by molar-refractivity contribution is 7.10. The molecule has 160 valence electrons. The van der Waals surface area contributed by atoms with Crippen LogP contribution >= 0.6 is 11.3 Å². The fourth-order valence-corrected chi connectivity index (χ4v) is 3.77. The van der Waals surface area contributed by atoms with Gasteiger partial charge in [-0.3, -0.25) is 9.59 Å². The molecule has 2 N–H and O–H groups in total. The predicted molar refractivity (Wildman–Crippen MR) is 125 cm³/mol. The Morgan fingerprint density at radius 1 is 1.06 bits per heavy atom. The molecular formula is C25H26N2O3S. The molecule has 3 aromatic rings. The van der Waals surface area contributed by atoms with Crippen LogP contribution in [0.5, 0.6) is 5.75 Å². The van der Waals surface area contributed by atoms with Gasteiger partial charge in [-0.15, -0.1) is 11.3 Å². The lowest BCUT2D eigenvalue weighted by atomic mass is 10.1. The number of rotatable bonds is 9. The molecule has 0 radical (unpaired) electrons. The van der Waals surface area contributed by atoms with E-state index < -0.39 is 0 Å². The quantitative estimate of drug-likeness (QED) is 0.382. The maximum absolute atomic E-state index is 12.8. The number of aryl methyl sites for hydroxylation is 2. The molecule has 0 aliphatic carbocycles. The lowest BCUT2D eigenvalue weighted by molar-refractivity contribution is -0.117. The zero-order chi connectivity index (χ0) is 22.1. The van der Waals surface area contributed by atoms with E-state index in [1.54, 1.807) is 19.3 Å². The first-order valence-corrected chi connectivity index (χ1v) is 11.0. The second-order valence-electron chi connectivity index (χ2n) is 7.05. The van der Waals surface area contributed by atoms with Gasteiger partial charge in [-0.2, -0.15) is 0 Å². The Morgan fingerprint density at radius 2 is 1.90 bits per heavy atom. The van der Waals surface area contributed by atoms with E-state index in [4.69, 9.17) is 4.74 Å². The third kappa shape index (κ3) is 6.55. The summed E-state index contributed by atoms with van der Waals surface area (Å²) in [6, 6.07) is 19.0. The predicted octanol–water partition coefficient (Wildman–Crippen LogP) is 4.59. The zero-order valence-electron chi connectivity index (χ0n) is 17.7. The molecule has 2 aromatic carbocycles. The molecule has 5 nitrogen and oxygen atoms in total. The standard InChI is InChI=1S/C25H26N2O3S/c1-18-8-3-4-13-22(18)24(28)27-23(17-21-12-7-15-31-21)25(29)26-14-6-10-19-9-5-11-20(16-19)30-2/h3-5,7-9,11-13,15-17H,6,10,14H2,1-2H3,(H,26,29)(H,27,28)/b23-17-. The average molecular weight is 435 g/mol. The van der Waals surface area contributed by atoms with Crippen molar-refractivity contribution in [2.45, 2.75) is 19.8 Å². The zero-order valence-corrected chi connectivity index (χ0v) is 18.5. The number of carbonyl (C=O) groups is 2. The number of thiophene rings is 1. The lowest BCUT2D eigenvalue weighted by Crippen LogP contribution is -2.35. The molecule has 1 heterocycles. The Balaban J connectivity index is 1.63. The van der Waals surface area contributed by atoms with Crippen molar-refractivity contribution in [1.82, 2.24) is 10.6 Å². The highest BCUT2D eigenvalue weighted by Gasteiger charge is 2.16. The van der Waals surface area contributed by atoms with Crippen molar-refractivity contribution in [3.8, 4) is 5.75 Å². The smallest absolute Gasteiger partial charge is 0.267 e. The maximum atomic E-state index is 12.8. The van der Waals surface area contributed by atoms with Crippen molar-refractivity contribution >= 4 is 29.2 Å². The Labute approximate surface area is 186 Å². The van der Waals surface area contributed by atoms with E-state index in [0.717, 1.165) is 34.6 Å². The van der Waals surface area contributed by atoms with Gasteiger partial charge in [0.25, 0.3) is 11.8 Å². The van der Waals surface area contributed by atoms with Gasteiger partial charge in [0.1, 0.15) is 11.4 Å². The van der Waals surface area contributed by atoms with Crippen LogP contribution in [0.3, 0.4) is 0 Å². The number of hydrogen-bond donors (Lipinski definition) is 2. The molecule has 0 unspecified atom stereocenters. The molecule has 3 rings (SSSR count). The molecular weight excluding hydrogens is 408 g/mol. The number of ether oxygens (including phenoxy) is 1. The van der Waals surface area contributed by atoms with Crippen LogP contribution in [0.15, 0.2) is 71.7 Å². The molecule has 0 fully saturated rings. The van der Waals surface area contributed by atoms with Gasteiger partial charge in [0.05, 0.1) is 7.11 Å². The van der Waals surface area contributed by atoms with E-state index in [-0.39, 0.29) is 17.5 Å². The summed E-state index contributed by atoms with van der Waals surface area (Å²) in [5, 5.41) is 7.63. The summed E-state index contributed by atoms with van der Waals surface area (Å²) in [6.07, 6.45) is 3.30. The Hall–Kier alpha value is -3.38. The number of nitrogens with one attached hydrogen (secondary N) is 2. The number of methoxy groups -OCH3 is 1. The molecule has 0 saturated carbocycles. The van der Waals surface area contributed by atoms with E-state index in [0.29, 0.717) is 12.1 Å². The molecule has 1 aromatic heterocycles. The highest BCUT2D eigenvalue weighted by Crippen LogP contribution is 2.15. The second kappa shape index (κ2) is 11.1. The summed E-state index contributed by atoms with van der Waals surface area (Å²) in [6.45, 7) is 2.37. The van der Waals surface area contributed by atoms with Crippen LogP contribution in [0.25, 0.3) is 6.08 Å². The summed E-state index contributed by atoms with van der Waals surface area (Å²) in [7, 11) is 1.64. The van der Waals surface area contributed by atoms with Gasteiger partial charge in [0.2, 0.25) is 0 Å². The minimum atomic E-state index is -0.305. The summed E-state index contributed by atoms with van der Waals surface area (Å²) in [4.78, 5) is 26.5. The van der Waals surface area contributed by atoms with E-state index in [1.807, 2.05) is 66.9 Å². The fraction of sp³-hybridized carbons (Fsp3) is 0.200. The summed E-state index contributed by atoms with van der Waals surface area (Å²) in [5.74, 6) is 0.218. The van der Waals surface area contributed by atoms with Crippen LogP contribution < -0.4 is 15.4 Å². The summed E-state index contributed by atoms with van der Waals surface area (Å²) >= 11 is 1.50. The van der Waals surface area contributed by atoms with E-state index >= 15 is 0 Å². The molecule has 0 atom stereocenters. The minimum absolute atomic E-state index is 0.233. The van der Waals surface area contributed by atoms with Crippen LogP contribution in [0, 0.1) is 6.92 Å². The number of carbonyl (C=O) groups excluding carboxylic acids is 2. The fourth-order valence-electron chi connectivity index (χ4n) is 3.11. The van der Waals surface area contributed by atoms with Crippen molar-refractivity contribution in [2.24, 2.45) is 0 Å². The third-order valence-corrected chi connectivity index (χ3v) is 5.59. The molecule has 2 amide bonds. The molecule has 6 heteroatoms. The normalized spacial score (nSPS) is 11.1. The Bertz CT molecular complexity index is 1060. The van der Waals surface area contributed by atoms with Gasteiger partial charge in [0, 0.05) is 17.0 Å². The summed E-state index contributed by atoms with van der Waals surface area (Å²) in [5.41, 5.74) is 2.78. The van der Waals surface area contributed by atoms with Crippen molar-refractivity contribution in [2.75, 3.05) is 13.7 Å². The molecule has 0 bridgehead atoms. The average Bonchev–Trinajstić information content (AvgIpc) is 3.29. The summed E-state index contributed by atoms with van der Waals surface area (Å²) < 4.78 is 5.25. The van der Waals surface area contributed by atoms with Crippen molar-refractivity contribution < 1.29 is 14.3 Å². The van der Waals surface area contributed by atoms with Gasteiger partial charge in [-0.25, -0.2) is 0 Å². The monoisotopic (exact) mass is 434 g/mol. The minimum Gasteiger partial charge on any atom is -0.497 e. The largest absolute Gasteiger partial charge is 0.497 e. The second-order valence-corrected chi connectivity index (χ2v) is 8.03. The van der Waals surface area contributed by atoms with Gasteiger partial charge in [0.15, 0.2) is 0 Å². The number of benzene rings is 2. The SMILES string of the molecule is COc1cccc(CCCNC(=O)/C(=C/c2cccs2)NC(=O)c2ccccc2C)c1. The van der Waals surface area contributed by atoms with Crippen LogP contribution in [-0.2, 0) is 11.2 Å². The first kappa shape index (κ1) is 22.3. The molecule has 0 saturated heterocycles. The van der Waals surface area contributed by atoms with Gasteiger partial charge < -0.3 is 15.4 Å². The first-order valence-electron chi connectivity index (χ1n) is 10.1. The number of amides is 2. The molecule has 0 spiro atoms. The van der Waals surface area contributed by atoms with Crippen LogP contribution in [0.1, 0.15) is 32.8 Å². The van der Waals surface area contributed by atoms with Gasteiger partial charge in [-0.1, -0.05) is 36.4 Å². The van der Waals surface area contributed by atoms with E-state index in [9.17, 15) is 9.59 Å². The van der Waals surface area contributed by atoms with Crippen molar-refractivity contribution in [3.05, 3.63) is 93.3 Å². The van der Waals surface area contributed by atoms with Crippen LogP contribution in [0.4, 0.5) is 0 Å². The van der Waals surface area contributed by atoms with E-state index in [1.165, 1.54) is 11.3 Å². The van der Waals surface area contributed by atoms with Gasteiger partial charge in [-0.05, 0) is 66.6 Å². The Morgan fingerprint density at radius 3 is 2.65 bits per heavy atom. The first-order chi connectivity index (χ1) is 15.1.